The zero-order valence-electron chi connectivity index (χ0n) is 10.7. The first-order valence-corrected chi connectivity index (χ1v) is 7.54. The molecule has 1 aliphatic heterocycles. The normalized spacial score (nSPS) is 23.4. The summed E-state index contributed by atoms with van der Waals surface area (Å²) in [7, 11) is -3.70. The highest BCUT2D eigenvalue weighted by atomic mass is 32.2. The summed E-state index contributed by atoms with van der Waals surface area (Å²) in [6.45, 7) is 0.0417. The van der Waals surface area contributed by atoms with Crippen molar-refractivity contribution in [2.24, 2.45) is 5.73 Å². The van der Waals surface area contributed by atoms with Gasteiger partial charge in [0.1, 0.15) is 0 Å². The Morgan fingerprint density at radius 3 is 2.25 bits per heavy atom. The second-order valence-electron chi connectivity index (χ2n) is 4.49. The Balaban J connectivity index is 2.22. The molecule has 108 valence electrons. The van der Waals surface area contributed by atoms with Crippen molar-refractivity contribution >= 4 is 10.0 Å². The summed E-state index contributed by atoms with van der Waals surface area (Å²) in [6.07, 6.45) is -2.08. The van der Waals surface area contributed by atoms with E-state index in [1.165, 1.54) is 12.1 Å². The van der Waals surface area contributed by atoms with Crippen LogP contribution in [0.1, 0.15) is 5.56 Å². The van der Waals surface area contributed by atoms with Gasteiger partial charge in [0.25, 0.3) is 0 Å². The monoisotopic (exact) mass is 296 g/mol. The molecule has 1 saturated heterocycles. The lowest BCUT2D eigenvalue weighted by molar-refractivity contribution is 0.0572. The molecule has 2 atom stereocenters. The van der Waals surface area contributed by atoms with Crippen LogP contribution in [0.3, 0.4) is 0 Å². The lowest BCUT2D eigenvalue weighted by atomic mass is 10.2. The number of aliphatic hydroxyl groups is 2. The Hall–Kier alpha value is -1.43. The number of hydrogen-bond donors (Lipinski definition) is 3. The van der Waals surface area contributed by atoms with Gasteiger partial charge in [0.2, 0.25) is 10.0 Å². The van der Waals surface area contributed by atoms with Gasteiger partial charge in [-0.1, -0.05) is 11.8 Å². The van der Waals surface area contributed by atoms with Gasteiger partial charge < -0.3 is 15.9 Å². The van der Waals surface area contributed by atoms with Crippen LogP contribution in [0.15, 0.2) is 29.2 Å². The number of rotatable bonds is 2. The van der Waals surface area contributed by atoms with E-state index in [0.29, 0.717) is 5.56 Å². The number of sulfonamides is 1. The first-order chi connectivity index (χ1) is 9.45. The van der Waals surface area contributed by atoms with E-state index in [2.05, 4.69) is 11.8 Å². The summed E-state index contributed by atoms with van der Waals surface area (Å²) in [4.78, 5) is 0.108. The first kappa shape index (κ1) is 15.0. The number of hydrogen-bond acceptors (Lipinski definition) is 5. The van der Waals surface area contributed by atoms with Crippen LogP contribution in [0.2, 0.25) is 0 Å². The van der Waals surface area contributed by atoms with Crippen molar-refractivity contribution in [1.29, 1.82) is 0 Å². The summed E-state index contributed by atoms with van der Waals surface area (Å²) in [5, 5.41) is 18.9. The number of nitrogens with zero attached hydrogens (tertiary/aromatic N) is 1. The largest absolute Gasteiger partial charge is 0.389 e. The molecule has 0 radical (unpaired) electrons. The quantitative estimate of drug-likeness (QED) is 0.590. The number of aliphatic hydroxyl groups excluding tert-OH is 2. The molecule has 1 heterocycles. The van der Waals surface area contributed by atoms with Crippen molar-refractivity contribution in [1.82, 2.24) is 4.31 Å². The van der Waals surface area contributed by atoms with E-state index in [1.807, 2.05) is 0 Å². The Morgan fingerprint density at radius 1 is 1.20 bits per heavy atom. The molecule has 0 saturated carbocycles. The third-order valence-corrected chi connectivity index (χ3v) is 4.90. The predicted molar refractivity (Wildman–Crippen MR) is 73.1 cm³/mol. The summed E-state index contributed by atoms with van der Waals surface area (Å²) >= 11 is 0. The molecule has 4 N–H and O–H groups in total. The highest BCUT2D eigenvalue weighted by molar-refractivity contribution is 7.89. The van der Waals surface area contributed by atoms with Crippen LogP contribution in [0.4, 0.5) is 0 Å². The molecule has 2 unspecified atom stereocenters. The summed E-state index contributed by atoms with van der Waals surface area (Å²) in [5.74, 6) is 5.48. The van der Waals surface area contributed by atoms with E-state index >= 15 is 0 Å². The predicted octanol–water partition coefficient (Wildman–Crippen LogP) is -1.28. The lowest BCUT2D eigenvalue weighted by Gasteiger charge is -2.15. The van der Waals surface area contributed by atoms with Gasteiger partial charge in [0.15, 0.2) is 0 Å². The molecular formula is C13H16N2O4S. The number of benzene rings is 1. The molecule has 1 aromatic rings. The van der Waals surface area contributed by atoms with Crippen LogP contribution >= 0.6 is 0 Å². The SMILES string of the molecule is NCC#Cc1ccc(S(=O)(=O)N2CC(O)C(O)C2)cc1. The second kappa shape index (κ2) is 5.91. The molecule has 2 rings (SSSR count). The lowest BCUT2D eigenvalue weighted by Crippen LogP contribution is -2.29. The van der Waals surface area contributed by atoms with Crippen molar-refractivity contribution in [3.05, 3.63) is 29.8 Å². The zero-order valence-corrected chi connectivity index (χ0v) is 11.5. The van der Waals surface area contributed by atoms with Crippen LogP contribution in [0.25, 0.3) is 0 Å². The molecule has 0 aliphatic carbocycles. The summed E-state index contributed by atoms with van der Waals surface area (Å²) in [6, 6.07) is 6.09. The Kier molecular flexibility index (Phi) is 4.42. The molecule has 0 amide bonds. The van der Waals surface area contributed by atoms with Gasteiger partial charge in [-0.15, -0.1) is 0 Å². The second-order valence-corrected chi connectivity index (χ2v) is 6.42. The van der Waals surface area contributed by atoms with Crippen molar-refractivity contribution in [2.45, 2.75) is 17.1 Å². The molecular weight excluding hydrogens is 280 g/mol. The van der Waals surface area contributed by atoms with E-state index in [9.17, 15) is 18.6 Å². The fourth-order valence-electron chi connectivity index (χ4n) is 1.94. The molecule has 1 aliphatic rings. The van der Waals surface area contributed by atoms with Crippen molar-refractivity contribution in [3.8, 4) is 11.8 Å². The molecule has 6 nitrogen and oxygen atoms in total. The molecule has 20 heavy (non-hydrogen) atoms. The highest BCUT2D eigenvalue weighted by Gasteiger charge is 2.37. The smallest absolute Gasteiger partial charge is 0.243 e. The van der Waals surface area contributed by atoms with E-state index < -0.39 is 22.2 Å². The maximum absolute atomic E-state index is 12.3. The fourth-order valence-corrected chi connectivity index (χ4v) is 3.42. The molecule has 7 heteroatoms. The highest BCUT2D eigenvalue weighted by Crippen LogP contribution is 2.21. The van der Waals surface area contributed by atoms with Crippen LogP contribution in [-0.4, -0.2) is 54.8 Å². The first-order valence-electron chi connectivity index (χ1n) is 6.10. The van der Waals surface area contributed by atoms with Gasteiger partial charge in [-0.05, 0) is 24.3 Å². The van der Waals surface area contributed by atoms with E-state index in [4.69, 9.17) is 5.73 Å². The van der Waals surface area contributed by atoms with Gasteiger partial charge in [0.05, 0.1) is 23.6 Å². The van der Waals surface area contributed by atoms with Crippen molar-refractivity contribution < 1.29 is 18.6 Å². The van der Waals surface area contributed by atoms with Crippen molar-refractivity contribution in [2.75, 3.05) is 19.6 Å². The minimum absolute atomic E-state index is 0.0990. The minimum Gasteiger partial charge on any atom is -0.389 e. The number of nitrogens with two attached hydrogens (primary N) is 1. The van der Waals surface area contributed by atoms with Crippen molar-refractivity contribution in [3.63, 3.8) is 0 Å². The van der Waals surface area contributed by atoms with Gasteiger partial charge in [-0.25, -0.2) is 8.42 Å². The topological polar surface area (TPSA) is 104 Å². The van der Waals surface area contributed by atoms with Crippen LogP contribution in [0.5, 0.6) is 0 Å². The maximum atomic E-state index is 12.3. The third-order valence-electron chi connectivity index (χ3n) is 3.05. The van der Waals surface area contributed by atoms with Gasteiger partial charge in [0, 0.05) is 18.7 Å². The van der Waals surface area contributed by atoms with Gasteiger partial charge in [-0.3, -0.25) is 0 Å². The third kappa shape index (κ3) is 3.00. The zero-order chi connectivity index (χ0) is 14.8. The van der Waals surface area contributed by atoms with Crippen LogP contribution in [0, 0.1) is 11.8 Å². The van der Waals surface area contributed by atoms with Crippen LogP contribution < -0.4 is 5.73 Å². The molecule has 0 spiro atoms. The minimum atomic E-state index is -3.70. The maximum Gasteiger partial charge on any atom is 0.243 e. The van der Waals surface area contributed by atoms with Gasteiger partial charge in [-0.2, -0.15) is 4.31 Å². The molecule has 0 bridgehead atoms. The Labute approximate surface area is 117 Å². The van der Waals surface area contributed by atoms with E-state index in [1.54, 1.807) is 12.1 Å². The Morgan fingerprint density at radius 2 is 1.75 bits per heavy atom. The Bertz CT molecular complexity index is 621. The fraction of sp³-hybridized carbons (Fsp3) is 0.385. The van der Waals surface area contributed by atoms with Gasteiger partial charge >= 0.3 is 0 Å². The van der Waals surface area contributed by atoms with E-state index in [0.717, 1.165) is 4.31 Å². The number of β-amino-alcohol motifs (C(OH)–C–C–N with tert-alkyl or cyclic N) is 2. The molecule has 1 fully saturated rings. The standard InChI is InChI=1S/C13H16N2O4S/c14-7-1-2-10-3-5-11(6-4-10)20(18,19)15-8-12(16)13(17)9-15/h3-6,12-13,16-17H,7-9,14H2. The van der Waals surface area contributed by atoms with Crippen LogP contribution in [-0.2, 0) is 10.0 Å². The summed E-state index contributed by atoms with van der Waals surface area (Å²) < 4.78 is 25.7. The molecule has 0 aromatic heterocycles. The average Bonchev–Trinajstić information content (AvgIpc) is 2.77. The molecule has 1 aromatic carbocycles. The van der Waals surface area contributed by atoms with E-state index in [-0.39, 0.29) is 24.5 Å². The average molecular weight is 296 g/mol. The summed E-state index contributed by atoms with van der Waals surface area (Å²) in [5.41, 5.74) is 5.94.